The molecule has 1 amide bonds. The number of carbonyl (C=O) groups excluding carboxylic acids is 1. The summed E-state index contributed by atoms with van der Waals surface area (Å²) in [7, 11) is 1.62. The number of likely N-dealkylation sites (tertiary alicyclic amines) is 1. The van der Waals surface area contributed by atoms with Gasteiger partial charge in [0.05, 0.1) is 13.2 Å². The molecule has 0 unspecified atom stereocenters. The third-order valence-electron chi connectivity index (χ3n) is 5.66. The van der Waals surface area contributed by atoms with E-state index in [-0.39, 0.29) is 30.2 Å². The zero-order chi connectivity index (χ0) is 18.3. The third-order valence-corrected chi connectivity index (χ3v) is 5.66. The van der Waals surface area contributed by atoms with Gasteiger partial charge in [0.15, 0.2) is 0 Å². The molecular formula is C21H24ClFN2O2. The fourth-order valence-corrected chi connectivity index (χ4v) is 4.42. The number of halogens is 2. The lowest BCUT2D eigenvalue weighted by molar-refractivity contribution is 0.0713. The first kappa shape index (κ1) is 19.6. The van der Waals surface area contributed by atoms with Crippen molar-refractivity contribution in [2.75, 3.05) is 26.7 Å². The Labute approximate surface area is 165 Å². The molecule has 4 nitrogen and oxygen atoms in total. The molecule has 2 aromatic rings. The van der Waals surface area contributed by atoms with Crippen molar-refractivity contribution < 1.29 is 13.9 Å². The van der Waals surface area contributed by atoms with Crippen LogP contribution in [-0.2, 0) is 0 Å². The highest BCUT2D eigenvalue weighted by atomic mass is 35.5. The number of hydrogen-bond acceptors (Lipinski definition) is 3. The van der Waals surface area contributed by atoms with Gasteiger partial charge in [-0.05, 0) is 54.3 Å². The monoisotopic (exact) mass is 390 g/mol. The molecule has 27 heavy (non-hydrogen) atoms. The van der Waals surface area contributed by atoms with Crippen LogP contribution in [0.15, 0.2) is 42.5 Å². The molecule has 2 aliphatic heterocycles. The molecule has 3 atom stereocenters. The maximum Gasteiger partial charge on any atom is 0.254 e. The first-order valence-corrected chi connectivity index (χ1v) is 9.00. The molecule has 0 saturated carbocycles. The number of rotatable bonds is 3. The van der Waals surface area contributed by atoms with E-state index in [4.69, 9.17) is 4.74 Å². The summed E-state index contributed by atoms with van der Waals surface area (Å²) in [6.45, 7) is 4.39. The lowest BCUT2D eigenvalue weighted by atomic mass is 9.89. The highest BCUT2D eigenvalue weighted by molar-refractivity contribution is 5.95. The van der Waals surface area contributed by atoms with Gasteiger partial charge in [0.2, 0.25) is 0 Å². The second kappa shape index (κ2) is 7.87. The zero-order valence-corrected chi connectivity index (χ0v) is 16.3. The number of ether oxygens (including phenoxy) is 1. The highest BCUT2D eigenvalue weighted by Gasteiger charge is 2.46. The van der Waals surface area contributed by atoms with E-state index in [1.165, 1.54) is 6.07 Å². The van der Waals surface area contributed by atoms with Gasteiger partial charge in [-0.15, -0.1) is 12.4 Å². The summed E-state index contributed by atoms with van der Waals surface area (Å²) in [5, 5.41) is 3.41. The van der Waals surface area contributed by atoms with Crippen molar-refractivity contribution in [3.05, 3.63) is 65.0 Å². The molecule has 0 aromatic heterocycles. The Balaban J connectivity index is 0.00000210. The van der Waals surface area contributed by atoms with Crippen LogP contribution in [-0.4, -0.2) is 37.6 Å². The van der Waals surface area contributed by atoms with E-state index >= 15 is 0 Å². The topological polar surface area (TPSA) is 41.6 Å². The molecular weight excluding hydrogens is 367 g/mol. The Morgan fingerprint density at radius 3 is 2.74 bits per heavy atom. The quantitative estimate of drug-likeness (QED) is 0.870. The van der Waals surface area contributed by atoms with Crippen molar-refractivity contribution in [3.63, 3.8) is 0 Å². The summed E-state index contributed by atoms with van der Waals surface area (Å²) < 4.78 is 19.1. The van der Waals surface area contributed by atoms with Gasteiger partial charge in [0, 0.05) is 31.1 Å². The van der Waals surface area contributed by atoms with Crippen LogP contribution in [0, 0.1) is 24.6 Å². The van der Waals surface area contributed by atoms with Crippen LogP contribution >= 0.6 is 12.4 Å². The molecule has 2 aromatic carbocycles. The van der Waals surface area contributed by atoms with E-state index in [1.54, 1.807) is 19.2 Å². The molecule has 0 spiro atoms. The normalized spacial score (nSPS) is 23.7. The van der Waals surface area contributed by atoms with E-state index in [0.717, 1.165) is 30.0 Å². The maximum atomic E-state index is 13.8. The second-order valence-electron chi connectivity index (χ2n) is 7.22. The van der Waals surface area contributed by atoms with Crippen LogP contribution in [0.3, 0.4) is 0 Å². The Kier molecular flexibility index (Phi) is 5.72. The van der Waals surface area contributed by atoms with Gasteiger partial charge in [-0.2, -0.15) is 0 Å². The van der Waals surface area contributed by atoms with E-state index in [9.17, 15) is 9.18 Å². The fraction of sp³-hybridized carbons (Fsp3) is 0.381. The molecule has 2 saturated heterocycles. The third kappa shape index (κ3) is 3.54. The average molecular weight is 391 g/mol. The first-order chi connectivity index (χ1) is 12.6. The first-order valence-electron chi connectivity index (χ1n) is 9.00. The number of benzene rings is 2. The number of fused-ring (bicyclic) bond motifs is 1. The van der Waals surface area contributed by atoms with Crippen molar-refractivity contribution in [1.82, 2.24) is 10.2 Å². The number of methoxy groups -OCH3 is 1. The van der Waals surface area contributed by atoms with Crippen LogP contribution in [0.25, 0.3) is 0 Å². The standard InChI is InChI=1S/C21H23FN2O2.ClH/c1-13-8-15(6-7-19(13)26-2)21(25)24-12-16-10-23-11-18(16)20(24)14-4-3-5-17(22)9-14;/h3-9,16,18,20,23H,10-12H2,1-2H3;1H/t16-,18-,20+;/m0./s1. The zero-order valence-electron chi connectivity index (χ0n) is 15.4. The Morgan fingerprint density at radius 2 is 2.04 bits per heavy atom. The molecule has 144 valence electrons. The number of nitrogens with zero attached hydrogens (tertiary/aromatic N) is 1. The smallest absolute Gasteiger partial charge is 0.254 e. The summed E-state index contributed by atoms with van der Waals surface area (Å²) in [4.78, 5) is 15.2. The van der Waals surface area contributed by atoms with E-state index in [0.29, 0.717) is 23.9 Å². The summed E-state index contributed by atoms with van der Waals surface area (Å²) in [5.41, 5.74) is 2.46. The molecule has 2 aliphatic rings. The Hall–Kier alpha value is -2.11. The van der Waals surface area contributed by atoms with Gasteiger partial charge < -0.3 is 15.0 Å². The number of nitrogens with one attached hydrogen (secondary N) is 1. The van der Waals surface area contributed by atoms with Crippen LogP contribution < -0.4 is 10.1 Å². The Bertz CT molecular complexity index is 845. The van der Waals surface area contributed by atoms with E-state index in [1.807, 2.05) is 36.1 Å². The van der Waals surface area contributed by atoms with Gasteiger partial charge in [-0.25, -0.2) is 4.39 Å². The lowest BCUT2D eigenvalue weighted by Crippen LogP contribution is -2.34. The fourth-order valence-electron chi connectivity index (χ4n) is 4.42. The van der Waals surface area contributed by atoms with E-state index in [2.05, 4.69) is 5.32 Å². The molecule has 0 radical (unpaired) electrons. The molecule has 2 heterocycles. The van der Waals surface area contributed by atoms with Crippen molar-refractivity contribution in [1.29, 1.82) is 0 Å². The lowest BCUT2D eigenvalue weighted by Gasteiger charge is -2.28. The van der Waals surface area contributed by atoms with Gasteiger partial charge in [0.25, 0.3) is 5.91 Å². The van der Waals surface area contributed by atoms with E-state index < -0.39 is 0 Å². The van der Waals surface area contributed by atoms with Crippen LogP contribution in [0.1, 0.15) is 27.5 Å². The number of carbonyl (C=O) groups is 1. The predicted octanol–water partition coefficient (Wildman–Crippen LogP) is 3.60. The van der Waals surface area contributed by atoms with Crippen LogP contribution in [0.5, 0.6) is 5.75 Å². The largest absolute Gasteiger partial charge is 0.496 e. The summed E-state index contributed by atoms with van der Waals surface area (Å²) in [5.74, 6) is 1.24. The van der Waals surface area contributed by atoms with Crippen LogP contribution in [0.4, 0.5) is 4.39 Å². The number of amides is 1. The molecule has 2 fully saturated rings. The molecule has 6 heteroatoms. The molecule has 0 aliphatic carbocycles. The molecule has 0 bridgehead atoms. The van der Waals surface area contributed by atoms with Gasteiger partial charge >= 0.3 is 0 Å². The summed E-state index contributed by atoms with van der Waals surface area (Å²) >= 11 is 0. The minimum atomic E-state index is -0.260. The Morgan fingerprint density at radius 1 is 1.22 bits per heavy atom. The van der Waals surface area contributed by atoms with Gasteiger partial charge in [-0.1, -0.05) is 12.1 Å². The average Bonchev–Trinajstić information content (AvgIpc) is 3.21. The molecule has 1 N–H and O–H groups in total. The van der Waals surface area contributed by atoms with Gasteiger partial charge in [0.1, 0.15) is 11.6 Å². The SMILES string of the molecule is COc1ccc(C(=O)N2C[C@@H]3CNC[C@@H]3[C@H]2c2cccc(F)c2)cc1C.Cl. The van der Waals surface area contributed by atoms with Crippen molar-refractivity contribution in [3.8, 4) is 5.75 Å². The second-order valence-corrected chi connectivity index (χ2v) is 7.22. The van der Waals surface area contributed by atoms with Crippen molar-refractivity contribution >= 4 is 18.3 Å². The highest BCUT2D eigenvalue weighted by Crippen LogP contribution is 2.43. The summed E-state index contributed by atoms with van der Waals surface area (Å²) in [6.07, 6.45) is 0. The van der Waals surface area contributed by atoms with Crippen LogP contribution in [0.2, 0.25) is 0 Å². The number of hydrogen-bond donors (Lipinski definition) is 1. The molecule has 4 rings (SSSR count). The minimum Gasteiger partial charge on any atom is -0.496 e. The minimum absolute atomic E-state index is 0. The van der Waals surface area contributed by atoms with Crippen molar-refractivity contribution in [2.45, 2.75) is 13.0 Å². The maximum absolute atomic E-state index is 13.8. The summed E-state index contributed by atoms with van der Waals surface area (Å²) in [6, 6.07) is 12.1. The number of aryl methyl sites for hydroxylation is 1. The van der Waals surface area contributed by atoms with Crippen molar-refractivity contribution in [2.24, 2.45) is 11.8 Å². The van der Waals surface area contributed by atoms with Gasteiger partial charge in [-0.3, -0.25) is 4.79 Å². The predicted molar refractivity (Wildman–Crippen MR) is 105 cm³/mol.